The van der Waals surface area contributed by atoms with Crippen molar-refractivity contribution in [1.29, 1.82) is 0 Å². The molecule has 0 unspecified atom stereocenters. The zero-order valence-electron chi connectivity index (χ0n) is 26.9. The van der Waals surface area contributed by atoms with Gasteiger partial charge < -0.3 is 0 Å². The molecule has 0 heteroatoms. The summed E-state index contributed by atoms with van der Waals surface area (Å²) in [4.78, 5) is 0. The smallest absolute Gasteiger partial charge is 0.0348 e. The van der Waals surface area contributed by atoms with Crippen LogP contribution in [-0.4, -0.2) is 0 Å². The van der Waals surface area contributed by atoms with Gasteiger partial charge in [0, 0.05) is 0 Å². The van der Waals surface area contributed by atoms with Crippen molar-refractivity contribution < 1.29 is 0 Å². The lowest BCUT2D eigenvalue weighted by atomic mass is 10.0. The van der Waals surface area contributed by atoms with Crippen LogP contribution in [0.5, 0.6) is 0 Å². The summed E-state index contributed by atoms with van der Waals surface area (Å²) >= 11 is 0. The van der Waals surface area contributed by atoms with Gasteiger partial charge in [-0.2, -0.15) is 0 Å². The van der Waals surface area contributed by atoms with Gasteiger partial charge in [-0.05, 0) is 25.7 Å². The van der Waals surface area contributed by atoms with Crippen LogP contribution in [-0.2, 0) is 0 Å². The molecule has 0 nitrogen and oxygen atoms in total. The van der Waals surface area contributed by atoms with E-state index in [4.69, 9.17) is 0 Å². The quantitative estimate of drug-likeness (QED) is 0.0584. The Morgan fingerprint density at radius 1 is 0.237 bits per heavy atom. The average molecular weight is 531 g/mol. The van der Waals surface area contributed by atoms with E-state index in [1.165, 1.54) is 205 Å². The summed E-state index contributed by atoms with van der Waals surface area (Å²) in [5.74, 6) is 0. The minimum atomic E-state index is 1.27. The molecule has 226 valence electrons. The molecule has 0 aliphatic rings. The predicted octanol–water partition coefficient (Wildman–Crippen LogP) is 14.6. The monoisotopic (exact) mass is 531 g/mol. The van der Waals surface area contributed by atoms with Gasteiger partial charge in [-0.1, -0.05) is 218 Å². The van der Waals surface area contributed by atoms with Crippen molar-refractivity contribution in [2.75, 3.05) is 0 Å². The second kappa shape index (κ2) is 36.5. The molecule has 0 atom stereocenters. The van der Waals surface area contributed by atoms with Crippen LogP contribution < -0.4 is 0 Å². The molecule has 0 aliphatic carbocycles. The maximum Gasteiger partial charge on any atom is -0.0348 e. The number of hydrogen-bond donors (Lipinski definition) is 0. The molecule has 38 heavy (non-hydrogen) atoms. The van der Waals surface area contributed by atoms with E-state index >= 15 is 0 Å². The zero-order chi connectivity index (χ0) is 27.5. The van der Waals surface area contributed by atoms with Gasteiger partial charge in [0.15, 0.2) is 0 Å². The molecule has 0 heterocycles. The molecule has 0 spiro atoms. The lowest BCUT2D eigenvalue weighted by Gasteiger charge is -2.03. The van der Waals surface area contributed by atoms with Gasteiger partial charge in [0.05, 0.1) is 0 Å². The topological polar surface area (TPSA) is 0 Å². The van der Waals surface area contributed by atoms with Crippen LogP contribution in [0, 0.1) is 0 Å². The van der Waals surface area contributed by atoms with E-state index < -0.39 is 0 Å². The summed E-state index contributed by atoms with van der Waals surface area (Å²) in [6, 6.07) is 0. The SMILES string of the molecule is CCCCCCCCCCCCCCCCCC=CC=CCCCCCCCCCCCCCCCCC. The highest BCUT2D eigenvalue weighted by Crippen LogP contribution is 2.15. The molecule has 0 saturated carbocycles. The van der Waals surface area contributed by atoms with Crippen LogP contribution in [0.25, 0.3) is 0 Å². The molecule has 0 aromatic carbocycles. The van der Waals surface area contributed by atoms with Gasteiger partial charge in [-0.25, -0.2) is 0 Å². The molecule has 0 amide bonds. The maximum absolute atomic E-state index is 2.38. The largest absolute Gasteiger partial charge is 0.0845 e. The number of hydrogen-bond acceptors (Lipinski definition) is 0. The molecule has 0 aromatic rings. The number of rotatable bonds is 33. The van der Waals surface area contributed by atoms with Gasteiger partial charge in [-0.3, -0.25) is 0 Å². The third kappa shape index (κ3) is 35.5. The van der Waals surface area contributed by atoms with Crippen molar-refractivity contribution in [3.05, 3.63) is 24.3 Å². The molecule has 0 N–H and O–H groups in total. The molecule has 0 aliphatic heterocycles. The first-order valence-corrected chi connectivity index (χ1v) is 18.2. The highest BCUT2D eigenvalue weighted by molar-refractivity contribution is 5.02. The summed E-state index contributed by atoms with van der Waals surface area (Å²) < 4.78 is 0. The fraction of sp³-hybridized carbons (Fsp3) is 0.895. The maximum atomic E-state index is 2.38. The molecule has 0 bridgehead atoms. The van der Waals surface area contributed by atoms with Gasteiger partial charge in [-0.15, -0.1) is 0 Å². The summed E-state index contributed by atoms with van der Waals surface area (Å²) in [6.45, 7) is 4.61. The second-order valence-corrected chi connectivity index (χ2v) is 12.3. The summed E-state index contributed by atoms with van der Waals surface area (Å²) in [5.41, 5.74) is 0. The normalized spacial score (nSPS) is 11.9. The Morgan fingerprint density at radius 2 is 0.421 bits per heavy atom. The van der Waals surface area contributed by atoms with Crippen LogP contribution in [0.1, 0.15) is 219 Å². The molecular formula is C38H74. The molecule has 0 saturated heterocycles. The first-order valence-electron chi connectivity index (χ1n) is 18.2. The lowest BCUT2D eigenvalue weighted by molar-refractivity contribution is 0.533. The zero-order valence-corrected chi connectivity index (χ0v) is 26.9. The minimum absolute atomic E-state index is 1.27. The van der Waals surface area contributed by atoms with Gasteiger partial charge in [0.2, 0.25) is 0 Å². The Hall–Kier alpha value is -0.520. The van der Waals surface area contributed by atoms with Crippen molar-refractivity contribution in [2.45, 2.75) is 219 Å². The molecule has 0 aromatic heterocycles. The van der Waals surface area contributed by atoms with E-state index in [1.54, 1.807) is 0 Å². The third-order valence-electron chi connectivity index (χ3n) is 8.33. The van der Waals surface area contributed by atoms with E-state index in [0.717, 1.165) is 0 Å². The van der Waals surface area contributed by atoms with Crippen LogP contribution >= 0.6 is 0 Å². The van der Waals surface area contributed by atoms with E-state index in [2.05, 4.69) is 38.2 Å². The van der Waals surface area contributed by atoms with Crippen molar-refractivity contribution in [3.63, 3.8) is 0 Å². The number of allylic oxidation sites excluding steroid dienone is 4. The first kappa shape index (κ1) is 37.5. The van der Waals surface area contributed by atoms with E-state index in [0.29, 0.717) is 0 Å². The fourth-order valence-electron chi connectivity index (χ4n) is 5.62. The second-order valence-electron chi connectivity index (χ2n) is 12.3. The summed E-state index contributed by atoms with van der Waals surface area (Å²) in [7, 11) is 0. The Labute approximate surface area is 243 Å². The van der Waals surface area contributed by atoms with Crippen LogP contribution in [0.4, 0.5) is 0 Å². The van der Waals surface area contributed by atoms with Crippen molar-refractivity contribution >= 4 is 0 Å². The van der Waals surface area contributed by atoms with E-state index in [-0.39, 0.29) is 0 Å². The van der Waals surface area contributed by atoms with Crippen molar-refractivity contribution in [3.8, 4) is 0 Å². The summed E-state index contributed by atoms with van der Waals surface area (Å²) in [6.07, 6.45) is 55.4. The highest BCUT2D eigenvalue weighted by atomic mass is 14.0. The lowest BCUT2D eigenvalue weighted by Crippen LogP contribution is -1.83. The van der Waals surface area contributed by atoms with E-state index in [9.17, 15) is 0 Å². The molecule has 0 radical (unpaired) electrons. The summed E-state index contributed by atoms with van der Waals surface area (Å²) in [5, 5.41) is 0. The first-order chi connectivity index (χ1) is 18.9. The highest BCUT2D eigenvalue weighted by Gasteiger charge is 1.95. The Bertz CT molecular complexity index is 403. The van der Waals surface area contributed by atoms with E-state index in [1.807, 2.05) is 0 Å². The van der Waals surface area contributed by atoms with Crippen molar-refractivity contribution in [1.82, 2.24) is 0 Å². The molecule has 0 rings (SSSR count). The van der Waals surface area contributed by atoms with Gasteiger partial charge in [0.1, 0.15) is 0 Å². The molecule has 0 fully saturated rings. The third-order valence-corrected chi connectivity index (χ3v) is 8.33. The predicted molar refractivity (Wildman–Crippen MR) is 177 cm³/mol. The van der Waals surface area contributed by atoms with Gasteiger partial charge >= 0.3 is 0 Å². The Kier molecular flexibility index (Phi) is 36.0. The van der Waals surface area contributed by atoms with Crippen LogP contribution in [0.2, 0.25) is 0 Å². The fourth-order valence-corrected chi connectivity index (χ4v) is 5.62. The van der Waals surface area contributed by atoms with Crippen LogP contribution in [0.3, 0.4) is 0 Å². The van der Waals surface area contributed by atoms with Gasteiger partial charge in [0.25, 0.3) is 0 Å². The van der Waals surface area contributed by atoms with Crippen LogP contribution in [0.15, 0.2) is 24.3 Å². The standard InChI is InChI=1S/C38H74/c1-3-5-7-9-11-13-15-17-19-21-23-25-27-29-31-33-35-37-38-36-34-32-30-28-26-24-22-20-18-16-14-12-10-8-6-4-2/h35-38H,3-34H2,1-2H3. The Morgan fingerprint density at radius 3 is 0.632 bits per heavy atom. The minimum Gasteiger partial charge on any atom is -0.0845 e. The number of unbranched alkanes of at least 4 members (excludes halogenated alkanes) is 30. The van der Waals surface area contributed by atoms with Crippen molar-refractivity contribution in [2.24, 2.45) is 0 Å². The molecular weight excluding hydrogens is 456 g/mol. The Balaban J connectivity index is 3.14. The average Bonchev–Trinajstić information content (AvgIpc) is 2.93.